The molecule has 15 heteroatoms. The van der Waals surface area contributed by atoms with Gasteiger partial charge >= 0.3 is 6.09 Å². The first-order chi connectivity index (χ1) is 20.7. The van der Waals surface area contributed by atoms with Gasteiger partial charge in [-0.15, -0.1) is 11.3 Å². The lowest BCUT2D eigenvalue weighted by Crippen LogP contribution is -2.42. The van der Waals surface area contributed by atoms with E-state index < -0.39 is 49.8 Å². The highest BCUT2D eigenvalue weighted by Gasteiger charge is 2.32. The number of likely N-dealkylation sites (tertiary alicyclic amines) is 1. The van der Waals surface area contributed by atoms with Crippen LogP contribution in [0.25, 0.3) is 21.8 Å². The van der Waals surface area contributed by atoms with E-state index in [1.54, 1.807) is 31.7 Å². The molecule has 9 nitrogen and oxygen atoms in total. The van der Waals surface area contributed by atoms with E-state index in [0.29, 0.717) is 53.6 Å². The van der Waals surface area contributed by atoms with Gasteiger partial charge in [0.25, 0.3) is 10.0 Å². The minimum absolute atomic E-state index is 0.0451. The van der Waals surface area contributed by atoms with Crippen LogP contribution in [0.2, 0.25) is 5.28 Å². The van der Waals surface area contributed by atoms with Crippen LogP contribution in [0.1, 0.15) is 44.5 Å². The van der Waals surface area contributed by atoms with Gasteiger partial charge in [-0.25, -0.2) is 41.3 Å². The van der Waals surface area contributed by atoms with Crippen molar-refractivity contribution in [3.05, 3.63) is 76.4 Å². The second-order valence-electron chi connectivity index (χ2n) is 11.1. The maximum Gasteiger partial charge on any atom is 0.410 e. The fraction of sp³-hybridized carbons (Fsp3) is 0.310. The van der Waals surface area contributed by atoms with Gasteiger partial charge < -0.3 is 9.64 Å². The molecule has 0 spiro atoms. The molecule has 1 atom stereocenters. The van der Waals surface area contributed by atoms with Crippen molar-refractivity contribution >= 4 is 44.7 Å². The lowest BCUT2D eigenvalue weighted by Gasteiger charge is -2.33. The number of hydrogen-bond donors (Lipinski definition) is 1. The Morgan fingerprint density at radius 3 is 2.64 bits per heavy atom. The molecule has 0 saturated carbocycles. The van der Waals surface area contributed by atoms with Crippen molar-refractivity contribution in [3.63, 3.8) is 0 Å². The SMILES string of the molecule is CC(C)(C)OC(=O)N1CCCC(c2nc(-c3cccc(NS(=O)(=O)c4cc(F)ccc4F)c3F)c(-c3ccnc(Cl)n3)s2)C1. The molecule has 0 bridgehead atoms. The van der Waals surface area contributed by atoms with E-state index >= 15 is 4.39 Å². The summed E-state index contributed by atoms with van der Waals surface area (Å²) in [6.45, 7) is 6.20. The smallest absolute Gasteiger partial charge is 0.410 e. The van der Waals surface area contributed by atoms with Crippen molar-refractivity contribution in [1.82, 2.24) is 19.9 Å². The molecule has 3 heterocycles. The molecule has 1 unspecified atom stereocenters. The van der Waals surface area contributed by atoms with E-state index in [-0.39, 0.29) is 22.5 Å². The zero-order valence-electron chi connectivity index (χ0n) is 23.8. The number of sulfonamides is 1. The maximum atomic E-state index is 16.1. The Balaban J connectivity index is 1.54. The number of hydrogen-bond acceptors (Lipinski definition) is 8. The highest BCUT2D eigenvalue weighted by Crippen LogP contribution is 2.42. The Kier molecular flexibility index (Phi) is 8.87. The summed E-state index contributed by atoms with van der Waals surface area (Å²) < 4.78 is 77.5. The number of thiazole rings is 1. The summed E-state index contributed by atoms with van der Waals surface area (Å²) in [7, 11) is -4.71. The van der Waals surface area contributed by atoms with Crippen molar-refractivity contribution in [3.8, 4) is 21.8 Å². The molecule has 5 rings (SSSR count). The molecule has 1 aliphatic heterocycles. The van der Waals surface area contributed by atoms with Gasteiger partial charge in [-0.3, -0.25) is 4.72 Å². The van der Waals surface area contributed by atoms with Crippen LogP contribution >= 0.6 is 22.9 Å². The molecule has 1 amide bonds. The van der Waals surface area contributed by atoms with E-state index in [1.165, 1.54) is 29.7 Å². The van der Waals surface area contributed by atoms with E-state index in [9.17, 15) is 22.0 Å². The van der Waals surface area contributed by atoms with Crippen molar-refractivity contribution in [1.29, 1.82) is 0 Å². The minimum Gasteiger partial charge on any atom is -0.444 e. The summed E-state index contributed by atoms with van der Waals surface area (Å²) in [5.41, 5.74) is -0.721. The van der Waals surface area contributed by atoms with E-state index in [1.807, 2.05) is 4.72 Å². The quantitative estimate of drug-likeness (QED) is 0.216. The lowest BCUT2D eigenvalue weighted by molar-refractivity contribution is 0.0198. The van der Waals surface area contributed by atoms with Crippen LogP contribution in [0, 0.1) is 17.5 Å². The molecule has 1 saturated heterocycles. The van der Waals surface area contributed by atoms with E-state index in [0.717, 1.165) is 12.1 Å². The van der Waals surface area contributed by atoms with Crippen LogP contribution in [-0.4, -0.2) is 53.1 Å². The minimum atomic E-state index is -4.71. The summed E-state index contributed by atoms with van der Waals surface area (Å²) in [4.78, 5) is 26.8. The highest BCUT2D eigenvalue weighted by molar-refractivity contribution is 7.92. The average Bonchev–Trinajstić information content (AvgIpc) is 3.40. The van der Waals surface area contributed by atoms with Crippen LogP contribution in [0.15, 0.2) is 53.6 Å². The number of piperidine rings is 1. The lowest BCUT2D eigenvalue weighted by atomic mass is 9.99. The van der Waals surface area contributed by atoms with Crippen molar-refractivity contribution < 1.29 is 31.1 Å². The molecule has 232 valence electrons. The third kappa shape index (κ3) is 6.97. The van der Waals surface area contributed by atoms with Crippen molar-refractivity contribution in [2.45, 2.75) is 50.0 Å². The first-order valence-corrected chi connectivity index (χ1v) is 16.1. The number of aromatic nitrogens is 3. The molecule has 4 aromatic rings. The Morgan fingerprint density at radius 2 is 1.91 bits per heavy atom. The third-order valence-corrected chi connectivity index (χ3v) is 9.41. The number of amides is 1. The number of ether oxygens (including phenoxy) is 1. The summed E-state index contributed by atoms with van der Waals surface area (Å²) in [5.74, 6) is -3.37. The highest BCUT2D eigenvalue weighted by atomic mass is 35.5. The molecule has 2 aromatic carbocycles. The predicted octanol–water partition coefficient (Wildman–Crippen LogP) is 7.25. The number of halogens is 4. The number of benzene rings is 2. The van der Waals surface area contributed by atoms with Gasteiger partial charge in [0.2, 0.25) is 5.28 Å². The summed E-state index contributed by atoms with van der Waals surface area (Å²) in [6, 6.07) is 7.50. The number of carbonyl (C=O) groups is 1. The third-order valence-electron chi connectivity index (χ3n) is 6.61. The first kappa shape index (κ1) is 31.7. The fourth-order valence-electron chi connectivity index (χ4n) is 4.68. The van der Waals surface area contributed by atoms with Gasteiger partial charge in [0.1, 0.15) is 22.1 Å². The van der Waals surface area contributed by atoms with Crippen LogP contribution in [0.5, 0.6) is 0 Å². The molecule has 1 aliphatic rings. The molecular formula is C29H27ClF3N5O4S2. The van der Waals surface area contributed by atoms with Crippen LogP contribution in [0.3, 0.4) is 0 Å². The van der Waals surface area contributed by atoms with Gasteiger partial charge in [0.15, 0.2) is 5.82 Å². The Labute approximate surface area is 261 Å². The van der Waals surface area contributed by atoms with E-state index in [2.05, 4.69) is 9.97 Å². The zero-order chi connectivity index (χ0) is 31.8. The number of anilines is 1. The normalized spacial score (nSPS) is 15.7. The topological polar surface area (TPSA) is 114 Å². The summed E-state index contributed by atoms with van der Waals surface area (Å²) in [6.07, 6.45) is 2.39. The van der Waals surface area contributed by atoms with Crippen LogP contribution < -0.4 is 4.72 Å². The molecule has 2 aromatic heterocycles. The van der Waals surface area contributed by atoms with Gasteiger partial charge in [-0.2, -0.15) is 0 Å². The molecular weight excluding hydrogens is 639 g/mol. The Bertz CT molecular complexity index is 1830. The van der Waals surface area contributed by atoms with Crippen LogP contribution in [-0.2, 0) is 14.8 Å². The molecule has 1 fully saturated rings. The fourth-order valence-corrected chi connectivity index (χ4v) is 7.15. The predicted molar refractivity (Wildman–Crippen MR) is 160 cm³/mol. The largest absolute Gasteiger partial charge is 0.444 e. The standard InChI is InChI=1S/C29H27ClF3N5O4S2/c1-29(2,3)42-28(39)38-13-5-6-16(15-38)26-36-24(25(43-26)21-11-12-34-27(30)35-21)18-7-4-8-20(23(18)33)37-44(40,41)22-14-17(31)9-10-19(22)32/h4,7-12,14,16,37H,5-6,13,15H2,1-3H3. The second-order valence-corrected chi connectivity index (χ2v) is 14.1. The molecule has 1 N–H and O–H groups in total. The van der Waals surface area contributed by atoms with Gasteiger partial charge in [0, 0.05) is 30.8 Å². The van der Waals surface area contributed by atoms with E-state index in [4.69, 9.17) is 21.3 Å². The molecule has 44 heavy (non-hydrogen) atoms. The van der Waals surface area contributed by atoms with Gasteiger partial charge in [-0.1, -0.05) is 6.07 Å². The van der Waals surface area contributed by atoms with Crippen LogP contribution in [0.4, 0.5) is 23.7 Å². The number of carbonyl (C=O) groups excluding carboxylic acids is 1. The molecule has 0 radical (unpaired) electrons. The zero-order valence-corrected chi connectivity index (χ0v) is 26.2. The molecule has 0 aliphatic carbocycles. The second kappa shape index (κ2) is 12.3. The Morgan fingerprint density at radius 1 is 1.14 bits per heavy atom. The number of nitrogens with one attached hydrogen (secondary N) is 1. The first-order valence-electron chi connectivity index (χ1n) is 13.5. The maximum absolute atomic E-state index is 16.1. The van der Waals surface area contributed by atoms with Crippen molar-refractivity contribution in [2.24, 2.45) is 0 Å². The van der Waals surface area contributed by atoms with Gasteiger partial charge in [0.05, 0.1) is 27.0 Å². The van der Waals surface area contributed by atoms with Gasteiger partial charge in [-0.05, 0) is 81.6 Å². The number of nitrogens with zero attached hydrogens (tertiary/aromatic N) is 4. The Hall–Kier alpha value is -3.75. The average molecular weight is 666 g/mol. The monoisotopic (exact) mass is 665 g/mol. The van der Waals surface area contributed by atoms with Crippen molar-refractivity contribution in [2.75, 3.05) is 17.8 Å². The summed E-state index contributed by atoms with van der Waals surface area (Å²) >= 11 is 7.30. The number of rotatable bonds is 6. The summed E-state index contributed by atoms with van der Waals surface area (Å²) in [5, 5.41) is 0.557.